The van der Waals surface area contributed by atoms with E-state index in [1.54, 1.807) is 47.6 Å². The minimum absolute atomic E-state index is 0.144. The number of rotatable bonds is 3. The van der Waals surface area contributed by atoms with Crippen LogP contribution in [0, 0.1) is 59.2 Å². The van der Waals surface area contributed by atoms with Gasteiger partial charge < -0.3 is 34.6 Å². The van der Waals surface area contributed by atoms with Gasteiger partial charge in [0, 0.05) is 53.9 Å². The molecule has 0 aromatic carbocycles. The molecule has 2 saturated heterocycles. The first-order chi connectivity index (χ1) is 25.8. The normalized spacial score (nSPS) is 44.3. The fourth-order valence-corrected chi connectivity index (χ4v) is 8.95. The summed E-state index contributed by atoms with van der Waals surface area (Å²) in [6.45, 7) is 20.1. The quantitative estimate of drug-likeness (QED) is 0.226. The van der Waals surface area contributed by atoms with Crippen molar-refractivity contribution < 1.29 is 49.0 Å². The monoisotopic (exact) mass is 775 g/mol. The van der Waals surface area contributed by atoms with E-state index in [2.05, 4.69) is 26.8 Å². The molecule has 2 fully saturated rings. The van der Waals surface area contributed by atoms with E-state index < -0.39 is 77.6 Å². The fourth-order valence-electron chi connectivity index (χ4n) is 8.95. The number of carbonyl (C=O) groups excluding carboxylic acids is 3. The zero-order chi connectivity index (χ0) is 41.4. The second-order valence-corrected chi connectivity index (χ2v) is 17.7. The number of ether oxygens (including phenoxy) is 3. The third kappa shape index (κ3) is 11.9. The van der Waals surface area contributed by atoms with Crippen LogP contribution in [-0.2, 0) is 28.6 Å². The third-order valence-electron chi connectivity index (χ3n) is 13.4. The number of aliphatic hydroxyl groups excluding tert-OH is 4. The van der Waals surface area contributed by atoms with Gasteiger partial charge in [-0.15, -0.1) is 0 Å². The lowest BCUT2D eigenvalue weighted by atomic mass is 9.74. The molecule has 0 saturated carbocycles. The number of ketones is 2. The van der Waals surface area contributed by atoms with E-state index in [-0.39, 0.29) is 47.6 Å². The van der Waals surface area contributed by atoms with Crippen LogP contribution in [0.2, 0.25) is 0 Å². The Balaban J connectivity index is 1.97. The Kier molecular flexibility index (Phi) is 18.0. The molecule has 0 unspecified atom stereocenters. The van der Waals surface area contributed by atoms with Crippen LogP contribution in [0.4, 0.5) is 0 Å². The minimum atomic E-state index is -1.30. The van der Waals surface area contributed by atoms with Crippen LogP contribution in [0.1, 0.15) is 121 Å². The minimum Gasteiger partial charge on any atom is -0.458 e. The molecule has 3 rings (SSSR count). The highest BCUT2D eigenvalue weighted by atomic mass is 16.7. The molecule has 3 aliphatic heterocycles. The van der Waals surface area contributed by atoms with E-state index in [0.717, 1.165) is 25.7 Å². The van der Waals surface area contributed by atoms with Crippen LogP contribution in [0.25, 0.3) is 0 Å². The second-order valence-electron chi connectivity index (χ2n) is 17.7. The zero-order valence-electron chi connectivity index (χ0n) is 35.5. The third-order valence-corrected chi connectivity index (χ3v) is 13.4. The molecular formula is C45H74O10. The van der Waals surface area contributed by atoms with Crippen molar-refractivity contribution in [2.75, 3.05) is 0 Å². The average Bonchev–Trinajstić information content (AvgIpc) is 3.16. The summed E-state index contributed by atoms with van der Waals surface area (Å²) in [5.74, 6) is -6.53. The van der Waals surface area contributed by atoms with Crippen molar-refractivity contribution in [2.24, 2.45) is 59.2 Å². The summed E-state index contributed by atoms with van der Waals surface area (Å²) < 4.78 is 20.0. The Morgan fingerprint density at radius 3 is 1.96 bits per heavy atom. The molecular weight excluding hydrogens is 700 g/mol. The number of hydrogen-bond donors (Lipinski definition) is 4. The van der Waals surface area contributed by atoms with Gasteiger partial charge in [-0.1, -0.05) is 99.6 Å². The molecule has 0 amide bonds. The molecule has 4 N–H and O–H groups in total. The van der Waals surface area contributed by atoms with Crippen molar-refractivity contribution in [3.63, 3.8) is 0 Å². The summed E-state index contributed by atoms with van der Waals surface area (Å²) in [6, 6.07) is 0. The van der Waals surface area contributed by atoms with E-state index in [1.807, 2.05) is 32.1 Å². The molecule has 0 aromatic heterocycles. The first-order valence-electron chi connectivity index (χ1n) is 21.1. The Labute approximate surface area is 331 Å². The number of Topliss-reactive ketones (excluding diaryl/α,β-unsaturated/α-hetero) is 2. The maximum atomic E-state index is 13.5. The standard InChI is InChI=1S/C45H74O10/c1-12-35-17-15-13-14-16-26(3)39(48)30(7)41(50)32(9)43(52)33(10)42(51)31(8)40(49)27(4)18-21-38(47)53-44-29(6)36(20-19-35)54-45(34(44)11)23-22-25(2)37(55-45)24-28(5)46/h13-15,17-18,21,25-37,39-40,43-44,46,48-49,52H,12,16,19-20,22-24H2,1-11H3/t25-,26+,27-,28+,29+,30-,31-,32+,33-,34-,35-,36-,37-,39+,40+,43-,44+,45-/m1/s1. The number of esters is 1. The van der Waals surface area contributed by atoms with E-state index in [0.29, 0.717) is 19.3 Å². The topological polar surface area (TPSA) is 160 Å². The fraction of sp³-hybridized carbons (Fsp3) is 0.800. The van der Waals surface area contributed by atoms with Crippen LogP contribution in [0.15, 0.2) is 36.5 Å². The molecule has 10 heteroatoms. The summed E-state index contributed by atoms with van der Waals surface area (Å²) >= 11 is 0. The van der Waals surface area contributed by atoms with E-state index in [1.165, 1.54) is 6.08 Å². The van der Waals surface area contributed by atoms with Gasteiger partial charge in [-0.25, -0.2) is 4.79 Å². The van der Waals surface area contributed by atoms with Crippen LogP contribution < -0.4 is 0 Å². The molecule has 0 aliphatic carbocycles. The van der Waals surface area contributed by atoms with Crippen molar-refractivity contribution in [3.8, 4) is 0 Å². The summed E-state index contributed by atoms with van der Waals surface area (Å²) in [5, 5.41) is 43.8. The van der Waals surface area contributed by atoms with Crippen molar-refractivity contribution >= 4 is 17.5 Å². The average molecular weight is 775 g/mol. The first kappa shape index (κ1) is 47.2. The summed E-state index contributed by atoms with van der Waals surface area (Å²) in [5.41, 5.74) is 0. The van der Waals surface area contributed by atoms with Crippen LogP contribution in [-0.4, -0.2) is 86.5 Å². The lowest BCUT2D eigenvalue weighted by Crippen LogP contribution is -2.62. The Hall–Kier alpha value is -2.21. The lowest BCUT2D eigenvalue weighted by molar-refractivity contribution is -0.371. The molecule has 2 bridgehead atoms. The Bertz CT molecular complexity index is 1340. The molecule has 1 spiro atoms. The van der Waals surface area contributed by atoms with Gasteiger partial charge in [-0.3, -0.25) is 9.59 Å². The number of fused-ring (bicyclic) bond motifs is 2. The Morgan fingerprint density at radius 2 is 1.36 bits per heavy atom. The van der Waals surface area contributed by atoms with Gasteiger partial charge in [-0.2, -0.15) is 0 Å². The highest BCUT2D eigenvalue weighted by molar-refractivity contribution is 5.87. The summed E-state index contributed by atoms with van der Waals surface area (Å²) in [6.07, 6.45) is 11.1. The van der Waals surface area contributed by atoms with Gasteiger partial charge in [0.05, 0.1) is 36.6 Å². The molecule has 18 atom stereocenters. The number of aliphatic hydroxyl groups is 4. The molecule has 0 aromatic rings. The van der Waals surface area contributed by atoms with Crippen LogP contribution in [0.3, 0.4) is 0 Å². The van der Waals surface area contributed by atoms with Gasteiger partial charge >= 0.3 is 5.97 Å². The molecule has 55 heavy (non-hydrogen) atoms. The highest BCUT2D eigenvalue weighted by Crippen LogP contribution is 2.49. The number of hydrogen-bond acceptors (Lipinski definition) is 10. The molecule has 0 radical (unpaired) electrons. The molecule has 10 nitrogen and oxygen atoms in total. The molecule has 3 aliphatic rings. The van der Waals surface area contributed by atoms with Gasteiger partial charge in [0.1, 0.15) is 17.7 Å². The van der Waals surface area contributed by atoms with Gasteiger partial charge in [0.15, 0.2) is 5.79 Å². The second kappa shape index (κ2) is 21.0. The Morgan fingerprint density at radius 1 is 0.764 bits per heavy atom. The first-order valence-corrected chi connectivity index (χ1v) is 21.1. The van der Waals surface area contributed by atoms with E-state index in [4.69, 9.17) is 14.2 Å². The van der Waals surface area contributed by atoms with E-state index >= 15 is 0 Å². The van der Waals surface area contributed by atoms with Crippen molar-refractivity contribution in [3.05, 3.63) is 36.5 Å². The number of carbonyl (C=O) groups is 3. The zero-order valence-corrected chi connectivity index (χ0v) is 35.5. The van der Waals surface area contributed by atoms with Gasteiger partial charge in [-0.05, 0) is 63.2 Å². The van der Waals surface area contributed by atoms with Crippen LogP contribution >= 0.6 is 0 Å². The molecule has 314 valence electrons. The lowest BCUT2D eigenvalue weighted by Gasteiger charge is -2.55. The predicted octanol–water partition coefficient (Wildman–Crippen LogP) is 6.77. The maximum Gasteiger partial charge on any atom is 0.330 e. The van der Waals surface area contributed by atoms with Gasteiger partial charge in [0.2, 0.25) is 0 Å². The number of allylic oxidation sites excluding steroid dienone is 4. The summed E-state index contributed by atoms with van der Waals surface area (Å²) in [4.78, 5) is 40.4. The smallest absolute Gasteiger partial charge is 0.330 e. The highest BCUT2D eigenvalue weighted by Gasteiger charge is 2.56. The molecule has 3 heterocycles. The predicted molar refractivity (Wildman–Crippen MR) is 213 cm³/mol. The van der Waals surface area contributed by atoms with E-state index in [9.17, 15) is 34.8 Å². The summed E-state index contributed by atoms with van der Waals surface area (Å²) in [7, 11) is 0. The SMILES string of the molecule is CC[C@@H]1C=CC=CC[C@H](C)[C@H](O)[C@@H](C)C(=O)[C@H](C)[C@@H](O)[C@H](C)C(=O)[C@H](C)[C@@H](O)[C@H](C)C=CC(=O)O[C@H]2[C@@H](C)[C@@H](CC1)O[C@@]1(CC[C@@H](C)[C@@H](C[C@H](C)O)O1)[C@@H]2C. The maximum absolute atomic E-state index is 13.5. The van der Waals surface area contributed by atoms with Crippen LogP contribution in [0.5, 0.6) is 0 Å². The van der Waals surface area contributed by atoms with Gasteiger partial charge in [0.25, 0.3) is 0 Å². The van der Waals surface area contributed by atoms with Crippen molar-refractivity contribution in [1.82, 2.24) is 0 Å². The largest absolute Gasteiger partial charge is 0.458 e. The van der Waals surface area contributed by atoms with Crippen molar-refractivity contribution in [2.45, 2.75) is 170 Å². The van der Waals surface area contributed by atoms with Crippen molar-refractivity contribution in [1.29, 1.82) is 0 Å².